The molecule has 50 heavy (non-hydrogen) atoms. The monoisotopic (exact) mass is 681 g/mol. The number of carbonyl (C=O) groups is 2. The predicted molar refractivity (Wildman–Crippen MR) is 194 cm³/mol. The summed E-state index contributed by atoms with van der Waals surface area (Å²) in [6.07, 6.45) is 10.0. The second kappa shape index (κ2) is 15.0. The normalized spacial score (nSPS) is 24.1. The number of likely N-dealkylation sites (N-methyl/N-ethyl adjacent to an activating group) is 1. The van der Waals surface area contributed by atoms with Crippen molar-refractivity contribution in [2.45, 2.75) is 76.5 Å². The summed E-state index contributed by atoms with van der Waals surface area (Å²) in [5.41, 5.74) is 4.93. The number of fused-ring (bicyclic) bond motifs is 1. The molecule has 3 aliphatic heterocycles. The molecule has 0 radical (unpaired) electrons. The average Bonchev–Trinajstić information content (AvgIpc) is 3.78. The highest BCUT2D eigenvalue weighted by molar-refractivity contribution is 5.98. The van der Waals surface area contributed by atoms with E-state index in [1.54, 1.807) is 7.11 Å². The predicted octanol–water partition coefficient (Wildman–Crippen LogP) is 5.75. The number of methoxy groups -OCH3 is 1. The first-order chi connectivity index (χ1) is 24.3. The zero-order chi connectivity index (χ0) is 34.8. The molecule has 4 aliphatic rings. The molecule has 3 fully saturated rings. The molecule has 4 heterocycles. The highest BCUT2D eigenvalue weighted by atomic mass is 16.5. The molecule has 1 unspecified atom stereocenters. The standard InChI is InChI=1S/C40H51N5O5/c1-27-7-11-29(12-8-27)40-34-22-36(50-25-33-6-5-19-49-33)35(48-4)20-30(34)21-38(46)45(40)32-15-16-37(41-23-32)42(2)18-17-28-9-13-31(14-10-28)44-24-39(47)43(3)26-44/h7-8,11-12,15-16,20,22-23,28,31,33,40H,5-6,9-10,13-14,17-19,21,24-26H2,1-4H3/t28?,31?,33?,40-/m0/s1. The van der Waals surface area contributed by atoms with Crippen molar-refractivity contribution >= 4 is 23.3 Å². The Morgan fingerprint density at radius 2 is 1.78 bits per heavy atom. The van der Waals surface area contributed by atoms with Gasteiger partial charge in [-0.25, -0.2) is 4.98 Å². The molecule has 3 aromatic rings. The summed E-state index contributed by atoms with van der Waals surface area (Å²) in [6.45, 7) is 5.56. The minimum atomic E-state index is -0.345. The van der Waals surface area contributed by atoms with Crippen LogP contribution in [0, 0.1) is 12.8 Å². The van der Waals surface area contributed by atoms with Crippen LogP contribution in [0.2, 0.25) is 0 Å². The van der Waals surface area contributed by atoms with Crippen LogP contribution < -0.4 is 19.3 Å². The number of rotatable bonds is 11. The van der Waals surface area contributed by atoms with E-state index in [-0.39, 0.29) is 30.4 Å². The van der Waals surface area contributed by atoms with E-state index in [9.17, 15) is 9.59 Å². The maximum atomic E-state index is 14.0. The number of pyridine rings is 1. The first-order valence-electron chi connectivity index (χ1n) is 18.3. The van der Waals surface area contributed by atoms with Gasteiger partial charge in [0.25, 0.3) is 0 Å². The van der Waals surface area contributed by atoms with Crippen molar-refractivity contribution in [3.63, 3.8) is 0 Å². The molecule has 2 saturated heterocycles. The van der Waals surface area contributed by atoms with Gasteiger partial charge in [0.05, 0.1) is 50.8 Å². The van der Waals surface area contributed by atoms with E-state index in [1.807, 2.05) is 41.2 Å². The lowest BCUT2D eigenvalue weighted by Gasteiger charge is -2.38. The number of benzene rings is 2. The third-order valence-corrected chi connectivity index (χ3v) is 11.2. The Balaban J connectivity index is 1.06. The maximum absolute atomic E-state index is 14.0. The first-order valence-corrected chi connectivity index (χ1v) is 18.3. The Morgan fingerprint density at radius 1 is 0.980 bits per heavy atom. The fourth-order valence-electron chi connectivity index (χ4n) is 8.13. The Kier molecular flexibility index (Phi) is 10.3. The highest BCUT2D eigenvalue weighted by Gasteiger charge is 2.37. The van der Waals surface area contributed by atoms with Crippen LogP contribution in [0.25, 0.3) is 0 Å². The Morgan fingerprint density at radius 3 is 2.44 bits per heavy atom. The van der Waals surface area contributed by atoms with E-state index in [4.69, 9.17) is 19.2 Å². The van der Waals surface area contributed by atoms with Gasteiger partial charge in [0.15, 0.2) is 11.5 Å². The number of hydrogen-bond acceptors (Lipinski definition) is 8. The number of amides is 2. The molecule has 1 saturated carbocycles. The fraction of sp³-hybridized carbons (Fsp3) is 0.525. The Bertz CT molecular complexity index is 1650. The van der Waals surface area contributed by atoms with Crippen molar-refractivity contribution in [2.24, 2.45) is 5.92 Å². The summed E-state index contributed by atoms with van der Waals surface area (Å²) < 4.78 is 17.9. The van der Waals surface area contributed by atoms with Crippen LogP contribution in [0.3, 0.4) is 0 Å². The summed E-state index contributed by atoms with van der Waals surface area (Å²) in [6, 6.07) is 16.7. The van der Waals surface area contributed by atoms with Crippen molar-refractivity contribution in [3.8, 4) is 11.5 Å². The van der Waals surface area contributed by atoms with Gasteiger partial charge in [0.2, 0.25) is 11.8 Å². The van der Waals surface area contributed by atoms with E-state index < -0.39 is 0 Å². The molecule has 7 rings (SSSR count). The molecule has 2 atom stereocenters. The molecule has 266 valence electrons. The van der Waals surface area contributed by atoms with Gasteiger partial charge in [-0.3, -0.25) is 19.4 Å². The molecule has 1 aromatic heterocycles. The van der Waals surface area contributed by atoms with Gasteiger partial charge in [-0.15, -0.1) is 0 Å². The van der Waals surface area contributed by atoms with Crippen LogP contribution in [-0.4, -0.2) is 92.9 Å². The summed E-state index contributed by atoms with van der Waals surface area (Å²) in [4.78, 5) is 39.2. The topological polar surface area (TPSA) is 87.7 Å². The number of carbonyl (C=O) groups excluding carboxylic acids is 2. The molecule has 0 N–H and O–H groups in total. The van der Waals surface area contributed by atoms with Gasteiger partial charge in [0, 0.05) is 33.3 Å². The Labute approximate surface area is 296 Å². The van der Waals surface area contributed by atoms with Gasteiger partial charge >= 0.3 is 0 Å². The van der Waals surface area contributed by atoms with Gasteiger partial charge in [-0.1, -0.05) is 29.8 Å². The van der Waals surface area contributed by atoms with E-state index in [1.165, 1.54) is 12.8 Å². The second-order valence-corrected chi connectivity index (χ2v) is 14.6. The smallest absolute Gasteiger partial charge is 0.237 e. The largest absolute Gasteiger partial charge is 0.493 e. The average molecular weight is 682 g/mol. The molecule has 0 spiro atoms. The number of aromatic nitrogens is 1. The van der Waals surface area contributed by atoms with Crippen LogP contribution >= 0.6 is 0 Å². The van der Waals surface area contributed by atoms with Gasteiger partial charge in [-0.2, -0.15) is 0 Å². The zero-order valence-corrected chi connectivity index (χ0v) is 30.0. The molecule has 10 nitrogen and oxygen atoms in total. The van der Waals surface area contributed by atoms with Crippen LogP contribution in [-0.2, 0) is 20.7 Å². The van der Waals surface area contributed by atoms with Gasteiger partial charge in [0.1, 0.15) is 12.4 Å². The van der Waals surface area contributed by atoms with E-state index in [2.05, 4.69) is 54.1 Å². The summed E-state index contributed by atoms with van der Waals surface area (Å²) in [5.74, 6) is 3.12. The minimum absolute atomic E-state index is 0.0154. The highest BCUT2D eigenvalue weighted by Crippen LogP contribution is 2.43. The molecule has 1 aliphatic carbocycles. The first kappa shape index (κ1) is 34.3. The number of anilines is 2. The fourth-order valence-corrected chi connectivity index (χ4v) is 8.13. The van der Waals surface area contributed by atoms with Crippen molar-refractivity contribution in [1.82, 2.24) is 14.8 Å². The van der Waals surface area contributed by atoms with Crippen molar-refractivity contribution < 1.29 is 23.8 Å². The molecular weight excluding hydrogens is 630 g/mol. The lowest BCUT2D eigenvalue weighted by atomic mass is 9.83. The summed E-state index contributed by atoms with van der Waals surface area (Å²) in [5, 5.41) is 0. The number of nitrogens with zero attached hydrogens (tertiary/aromatic N) is 5. The number of ether oxygens (including phenoxy) is 3. The van der Waals surface area contributed by atoms with Crippen molar-refractivity contribution in [1.29, 1.82) is 0 Å². The van der Waals surface area contributed by atoms with E-state index in [0.717, 1.165) is 85.7 Å². The molecule has 2 aromatic carbocycles. The third kappa shape index (κ3) is 7.32. The minimum Gasteiger partial charge on any atom is -0.493 e. The van der Waals surface area contributed by atoms with Crippen LogP contribution in [0.5, 0.6) is 11.5 Å². The third-order valence-electron chi connectivity index (χ3n) is 11.2. The van der Waals surface area contributed by atoms with Crippen LogP contribution in [0.1, 0.15) is 73.2 Å². The number of aryl methyl sites for hydroxylation is 1. The molecule has 0 bridgehead atoms. The van der Waals surface area contributed by atoms with Crippen molar-refractivity contribution in [3.05, 3.63) is 77.0 Å². The second-order valence-electron chi connectivity index (χ2n) is 14.6. The van der Waals surface area contributed by atoms with E-state index >= 15 is 0 Å². The maximum Gasteiger partial charge on any atom is 0.237 e. The zero-order valence-electron chi connectivity index (χ0n) is 30.0. The lowest BCUT2D eigenvalue weighted by Crippen LogP contribution is -2.41. The summed E-state index contributed by atoms with van der Waals surface area (Å²) in [7, 11) is 5.64. The quantitative estimate of drug-likeness (QED) is 0.253. The van der Waals surface area contributed by atoms with Gasteiger partial charge in [-0.05, 0) is 98.7 Å². The molecule has 10 heteroatoms. The van der Waals surface area contributed by atoms with Gasteiger partial charge < -0.3 is 24.0 Å². The number of hydrogen-bond donors (Lipinski definition) is 0. The molecular formula is C40H51N5O5. The summed E-state index contributed by atoms with van der Waals surface area (Å²) >= 11 is 0. The SMILES string of the molecule is COc1cc2c(cc1OCC1CCCO1)[C@H](c1ccc(C)cc1)N(c1ccc(N(C)CCC3CCC(N4CC(=O)N(C)C4)CC3)nc1)C(=O)C2. The van der Waals surface area contributed by atoms with Crippen molar-refractivity contribution in [2.75, 3.05) is 64.0 Å². The van der Waals surface area contributed by atoms with Crippen LogP contribution in [0.4, 0.5) is 11.5 Å². The Hall–Kier alpha value is -4.15. The van der Waals surface area contributed by atoms with E-state index in [0.29, 0.717) is 36.6 Å². The molecule has 2 amide bonds. The lowest BCUT2D eigenvalue weighted by molar-refractivity contribution is -0.125. The van der Waals surface area contributed by atoms with Crippen LogP contribution in [0.15, 0.2) is 54.7 Å².